The van der Waals surface area contributed by atoms with Crippen molar-refractivity contribution in [3.8, 4) is 0 Å². The van der Waals surface area contributed by atoms with Crippen LogP contribution in [0.3, 0.4) is 0 Å². The number of aryl methyl sites for hydroxylation is 1. The Hall–Kier alpha value is -2.67. The van der Waals surface area contributed by atoms with Gasteiger partial charge in [-0.3, -0.25) is 4.79 Å². The molecule has 1 heteroatoms. The van der Waals surface area contributed by atoms with E-state index in [4.69, 9.17) is 0 Å². The highest BCUT2D eigenvalue weighted by molar-refractivity contribution is 5.98. The van der Waals surface area contributed by atoms with Crippen molar-refractivity contribution in [2.45, 2.75) is 72.6 Å². The molecule has 3 atom stereocenters. The van der Waals surface area contributed by atoms with Crippen LogP contribution in [0, 0.1) is 17.8 Å². The average Bonchev–Trinajstić information content (AvgIpc) is 3.27. The summed E-state index contributed by atoms with van der Waals surface area (Å²) in [5, 5.41) is 0. The molecule has 0 spiro atoms. The summed E-state index contributed by atoms with van der Waals surface area (Å²) in [5.41, 5.74) is 6.25. The largest absolute Gasteiger partial charge is 0.294 e. The zero-order valence-corrected chi connectivity index (χ0v) is 21.8. The molecule has 0 N–H and O–H groups in total. The van der Waals surface area contributed by atoms with E-state index in [9.17, 15) is 4.79 Å². The van der Waals surface area contributed by atoms with Gasteiger partial charge in [0.1, 0.15) is 0 Å². The van der Waals surface area contributed by atoms with Gasteiger partial charge in [-0.05, 0) is 65.7 Å². The Morgan fingerprint density at radius 1 is 0.853 bits per heavy atom. The summed E-state index contributed by atoms with van der Waals surface area (Å²) in [6, 6.07) is 27.8. The number of Topliss-reactive ketones (excluding diaryl/α,β-unsaturated/α-hetero) is 1. The summed E-state index contributed by atoms with van der Waals surface area (Å²) >= 11 is 0. The molecule has 0 fully saturated rings. The molecule has 0 heterocycles. The van der Waals surface area contributed by atoms with Crippen molar-refractivity contribution in [1.82, 2.24) is 0 Å². The number of rotatable bonds is 9. The van der Waals surface area contributed by atoms with Crippen LogP contribution in [0.4, 0.5) is 0 Å². The highest BCUT2D eigenvalue weighted by Crippen LogP contribution is 2.47. The first-order valence-corrected chi connectivity index (χ1v) is 13.3. The number of unbranched alkanes of at least 4 members (excludes halogenated alkanes) is 1. The Morgan fingerprint density at radius 3 is 2.15 bits per heavy atom. The Bertz CT molecular complexity index is 1020. The Kier molecular flexibility index (Phi) is 9.69. The summed E-state index contributed by atoms with van der Waals surface area (Å²) in [7, 11) is 0. The van der Waals surface area contributed by atoms with E-state index in [1.165, 1.54) is 35.1 Å². The maximum atomic E-state index is 14.0. The highest BCUT2D eigenvalue weighted by atomic mass is 16.1. The number of carbonyl (C=O) groups excluding carboxylic acids is 1. The van der Waals surface area contributed by atoms with Crippen LogP contribution in [0.1, 0.15) is 86.0 Å². The molecule has 1 aliphatic carbocycles. The lowest BCUT2D eigenvalue weighted by Crippen LogP contribution is -2.30. The molecule has 0 amide bonds. The smallest absolute Gasteiger partial charge is 0.166 e. The highest BCUT2D eigenvalue weighted by Gasteiger charge is 2.42. The van der Waals surface area contributed by atoms with Crippen molar-refractivity contribution in [2.24, 2.45) is 17.8 Å². The number of fused-ring (bicyclic) bond motifs is 1. The Balaban J connectivity index is 0.00000158. The van der Waals surface area contributed by atoms with Gasteiger partial charge in [-0.15, -0.1) is 0 Å². The summed E-state index contributed by atoms with van der Waals surface area (Å²) in [5.74, 6) is 1.54. The van der Waals surface area contributed by atoms with Crippen molar-refractivity contribution >= 4 is 5.78 Å². The molecule has 3 aromatic carbocycles. The van der Waals surface area contributed by atoms with Crippen LogP contribution in [-0.4, -0.2) is 5.78 Å². The second-order valence-electron chi connectivity index (χ2n) is 9.80. The predicted octanol–water partition coefficient (Wildman–Crippen LogP) is 8.71. The number of carbonyl (C=O) groups is 1. The minimum atomic E-state index is -0.0464. The Morgan fingerprint density at radius 2 is 1.50 bits per heavy atom. The normalized spacial score (nSPS) is 17.6. The van der Waals surface area contributed by atoms with Crippen molar-refractivity contribution < 1.29 is 4.79 Å². The van der Waals surface area contributed by atoms with Gasteiger partial charge in [0.2, 0.25) is 0 Å². The van der Waals surface area contributed by atoms with E-state index in [0.717, 1.165) is 24.8 Å². The quantitative estimate of drug-likeness (QED) is 0.295. The molecule has 0 saturated carbocycles. The molecule has 3 aromatic rings. The average molecular weight is 455 g/mol. The molecular formula is C33H42O. The van der Waals surface area contributed by atoms with Crippen LogP contribution >= 0.6 is 0 Å². The maximum Gasteiger partial charge on any atom is 0.166 e. The van der Waals surface area contributed by atoms with E-state index in [0.29, 0.717) is 17.6 Å². The molecule has 3 unspecified atom stereocenters. The van der Waals surface area contributed by atoms with Gasteiger partial charge in [0.25, 0.3) is 0 Å². The van der Waals surface area contributed by atoms with Gasteiger partial charge in [0.15, 0.2) is 5.78 Å². The van der Waals surface area contributed by atoms with E-state index < -0.39 is 0 Å². The summed E-state index contributed by atoms with van der Waals surface area (Å²) in [6.45, 7) is 10.9. The first kappa shape index (κ1) is 25.9. The van der Waals surface area contributed by atoms with E-state index in [1.54, 1.807) is 0 Å². The minimum Gasteiger partial charge on any atom is -0.294 e. The molecule has 4 rings (SSSR count). The van der Waals surface area contributed by atoms with Gasteiger partial charge in [-0.1, -0.05) is 120 Å². The zero-order chi connectivity index (χ0) is 24.5. The van der Waals surface area contributed by atoms with Crippen molar-refractivity contribution in [1.29, 1.82) is 0 Å². The van der Waals surface area contributed by atoms with Gasteiger partial charge >= 0.3 is 0 Å². The molecule has 0 bridgehead atoms. The standard InChI is InChI=1S/C31H36O.C2H6/c1-4-5-11-23-16-18-25(19-17-23)31(32)29(20-24-12-7-6-8-13-24)30-27-15-10-9-14-26(27)21-28(30)22(2)3;1-2/h6-10,12-19,22,28-30H,4-5,11,20-21H2,1-3H3;1-2H3. The number of hydrogen-bond acceptors (Lipinski definition) is 1. The summed E-state index contributed by atoms with van der Waals surface area (Å²) in [4.78, 5) is 14.0. The number of hydrogen-bond donors (Lipinski definition) is 0. The maximum absolute atomic E-state index is 14.0. The Labute approximate surface area is 207 Å². The number of ketones is 1. The van der Waals surface area contributed by atoms with Crippen LogP contribution in [-0.2, 0) is 19.3 Å². The fourth-order valence-corrected chi connectivity index (χ4v) is 5.50. The van der Waals surface area contributed by atoms with Crippen LogP contribution in [0.2, 0.25) is 0 Å². The first-order valence-electron chi connectivity index (χ1n) is 13.3. The third-order valence-corrected chi connectivity index (χ3v) is 7.31. The minimum absolute atomic E-state index is 0.0464. The van der Waals surface area contributed by atoms with Crippen LogP contribution in [0.15, 0.2) is 78.9 Å². The van der Waals surface area contributed by atoms with Crippen molar-refractivity contribution in [3.05, 3.63) is 107 Å². The van der Waals surface area contributed by atoms with E-state index in [1.807, 2.05) is 13.8 Å². The molecule has 0 radical (unpaired) electrons. The van der Waals surface area contributed by atoms with Gasteiger partial charge in [-0.2, -0.15) is 0 Å². The monoisotopic (exact) mass is 454 g/mol. The first-order chi connectivity index (χ1) is 16.6. The van der Waals surface area contributed by atoms with E-state index >= 15 is 0 Å². The molecule has 0 aromatic heterocycles. The van der Waals surface area contributed by atoms with E-state index in [-0.39, 0.29) is 11.8 Å². The molecule has 0 saturated heterocycles. The molecule has 34 heavy (non-hydrogen) atoms. The summed E-state index contributed by atoms with van der Waals surface area (Å²) < 4.78 is 0. The lowest BCUT2D eigenvalue weighted by atomic mass is 9.71. The number of benzene rings is 3. The van der Waals surface area contributed by atoms with Gasteiger partial charge in [0.05, 0.1) is 0 Å². The fourth-order valence-electron chi connectivity index (χ4n) is 5.50. The fraction of sp³-hybridized carbons (Fsp3) is 0.424. The molecule has 1 aliphatic rings. The van der Waals surface area contributed by atoms with Gasteiger partial charge in [-0.25, -0.2) is 0 Å². The molecular weight excluding hydrogens is 412 g/mol. The van der Waals surface area contributed by atoms with Crippen molar-refractivity contribution in [3.63, 3.8) is 0 Å². The van der Waals surface area contributed by atoms with Gasteiger partial charge < -0.3 is 0 Å². The predicted molar refractivity (Wildman–Crippen MR) is 146 cm³/mol. The molecule has 180 valence electrons. The third-order valence-electron chi connectivity index (χ3n) is 7.31. The van der Waals surface area contributed by atoms with Gasteiger partial charge in [0, 0.05) is 11.5 Å². The zero-order valence-electron chi connectivity index (χ0n) is 21.8. The molecule has 1 nitrogen and oxygen atoms in total. The van der Waals surface area contributed by atoms with E-state index in [2.05, 4.69) is 99.6 Å². The van der Waals surface area contributed by atoms with Crippen LogP contribution in [0.5, 0.6) is 0 Å². The summed E-state index contributed by atoms with van der Waals surface area (Å²) in [6.07, 6.45) is 5.34. The topological polar surface area (TPSA) is 17.1 Å². The SMILES string of the molecule is CC.CCCCc1ccc(C(=O)C(Cc2ccccc2)C2c3ccccc3CC2C(C)C)cc1. The second-order valence-corrected chi connectivity index (χ2v) is 9.80. The van der Waals surface area contributed by atoms with Crippen LogP contribution in [0.25, 0.3) is 0 Å². The molecule has 0 aliphatic heterocycles. The third kappa shape index (κ3) is 6.06. The lowest BCUT2D eigenvalue weighted by molar-refractivity contribution is 0.0871. The second kappa shape index (κ2) is 12.7. The lowest BCUT2D eigenvalue weighted by Gasteiger charge is -2.31. The van der Waals surface area contributed by atoms with Crippen molar-refractivity contribution in [2.75, 3.05) is 0 Å². The van der Waals surface area contributed by atoms with Crippen LogP contribution < -0.4 is 0 Å².